The SMILES string of the molecule is CCCC(N)CSc1nncn1C. The van der Waals surface area contributed by atoms with Gasteiger partial charge in [-0.2, -0.15) is 0 Å². The molecule has 74 valence electrons. The third kappa shape index (κ3) is 3.36. The quantitative estimate of drug-likeness (QED) is 0.721. The number of nitrogens with two attached hydrogens (primary N) is 1. The van der Waals surface area contributed by atoms with Crippen LogP contribution in [0.4, 0.5) is 0 Å². The predicted molar refractivity (Wildman–Crippen MR) is 54.6 cm³/mol. The average Bonchev–Trinajstić information content (AvgIpc) is 2.48. The highest BCUT2D eigenvalue weighted by atomic mass is 32.2. The maximum Gasteiger partial charge on any atom is 0.190 e. The van der Waals surface area contributed by atoms with Crippen LogP contribution in [0.5, 0.6) is 0 Å². The van der Waals surface area contributed by atoms with Gasteiger partial charge in [-0.25, -0.2) is 0 Å². The van der Waals surface area contributed by atoms with Gasteiger partial charge in [-0.3, -0.25) is 0 Å². The van der Waals surface area contributed by atoms with E-state index < -0.39 is 0 Å². The molecule has 0 amide bonds. The third-order valence-corrected chi connectivity index (χ3v) is 2.98. The minimum Gasteiger partial charge on any atom is -0.327 e. The van der Waals surface area contributed by atoms with Gasteiger partial charge in [0, 0.05) is 18.8 Å². The molecule has 0 spiro atoms. The van der Waals surface area contributed by atoms with Gasteiger partial charge in [-0.15, -0.1) is 10.2 Å². The van der Waals surface area contributed by atoms with Gasteiger partial charge in [0.25, 0.3) is 0 Å². The fourth-order valence-corrected chi connectivity index (χ4v) is 1.92. The number of aromatic nitrogens is 3. The summed E-state index contributed by atoms with van der Waals surface area (Å²) in [7, 11) is 1.94. The Bertz CT molecular complexity index is 248. The first kappa shape index (κ1) is 10.5. The zero-order valence-electron chi connectivity index (χ0n) is 8.10. The highest BCUT2D eigenvalue weighted by molar-refractivity contribution is 7.99. The molecule has 1 rings (SSSR count). The zero-order valence-corrected chi connectivity index (χ0v) is 8.92. The highest BCUT2D eigenvalue weighted by Crippen LogP contribution is 2.15. The third-order valence-electron chi connectivity index (χ3n) is 1.76. The molecule has 0 saturated carbocycles. The molecule has 0 aliphatic carbocycles. The van der Waals surface area contributed by atoms with Crippen molar-refractivity contribution in [1.82, 2.24) is 14.8 Å². The molecule has 0 aromatic carbocycles. The van der Waals surface area contributed by atoms with Crippen LogP contribution >= 0.6 is 11.8 Å². The van der Waals surface area contributed by atoms with Crippen molar-refractivity contribution in [3.05, 3.63) is 6.33 Å². The van der Waals surface area contributed by atoms with Crippen LogP contribution in [-0.2, 0) is 7.05 Å². The van der Waals surface area contributed by atoms with Crippen molar-refractivity contribution in [2.45, 2.75) is 31.0 Å². The maximum absolute atomic E-state index is 5.87. The van der Waals surface area contributed by atoms with Gasteiger partial charge in [0.15, 0.2) is 5.16 Å². The van der Waals surface area contributed by atoms with Crippen LogP contribution in [0.15, 0.2) is 11.5 Å². The van der Waals surface area contributed by atoms with Crippen molar-refractivity contribution in [1.29, 1.82) is 0 Å². The van der Waals surface area contributed by atoms with Crippen LogP contribution in [0.1, 0.15) is 19.8 Å². The standard InChI is InChI=1S/C8H16N4S/c1-3-4-7(9)5-13-8-11-10-6-12(8)2/h6-7H,3-5,9H2,1-2H3. The summed E-state index contributed by atoms with van der Waals surface area (Å²) in [5, 5.41) is 8.70. The average molecular weight is 200 g/mol. The van der Waals surface area contributed by atoms with Crippen molar-refractivity contribution in [3.8, 4) is 0 Å². The van der Waals surface area contributed by atoms with E-state index in [0.29, 0.717) is 0 Å². The number of rotatable bonds is 5. The molecular weight excluding hydrogens is 184 g/mol. The van der Waals surface area contributed by atoms with E-state index in [1.807, 2.05) is 11.6 Å². The molecule has 0 fully saturated rings. The summed E-state index contributed by atoms with van der Waals surface area (Å²) in [6.45, 7) is 2.15. The molecular formula is C8H16N4S. The van der Waals surface area contributed by atoms with Crippen molar-refractivity contribution in [3.63, 3.8) is 0 Å². The molecule has 1 unspecified atom stereocenters. The lowest BCUT2D eigenvalue weighted by atomic mass is 10.2. The summed E-state index contributed by atoms with van der Waals surface area (Å²) in [6, 6.07) is 0.270. The molecule has 1 atom stereocenters. The Hall–Kier alpha value is -0.550. The smallest absolute Gasteiger partial charge is 0.190 e. The first-order valence-corrected chi connectivity index (χ1v) is 5.45. The largest absolute Gasteiger partial charge is 0.327 e. The van der Waals surface area contributed by atoms with Crippen molar-refractivity contribution in [2.24, 2.45) is 12.8 Å². The van der Waals surface area contributed by atoms with Crippen LogP contribution in [0.3, 0.4) is 0 Å². The molecule has 0 bridgehead atoms. The van der Waals surface area contributed by atoms with Crippen molar-refractivity contribution < 1.29 is 0 Å². The molecule has 0 radical (unpaired) electrons. The molecule has 1 aromatic heterocycles. The first-order valence-electron chi connectivity index (χ1n) is 4.46. The summed E-state index contributed by atoms with van der Waals surface area (Å²) < 4.78 is 1.91. The van der Waals surface area contributed by atoms with E-state index in [4.69, 9.17) is 5.73 Å². The zero-order chi connectivity index (χ0) is 9.68. The van der Waals surface area contributed by atoms with Gasteiger partial charge in [0.2, 0.25) is 0 Å². The summed E-state index contributed by atoms with van der Waals surface area (Å²) in [5.74, 6) is 0.917. The van der Waals surface area contributed by atoms with Gasteiger partial charge < -0.3 is 10.3 Å². The van der Waals surface area contributed by atoms with Gasteiger partial charge in [0.1, 0.15) is 6.33 Å². The van der Waals surface area contributed by atoms with E-state index in [1.54, 1.807) is 18.1 Å². The van der Waals surface area contributed by atoms with Gasteiger partial charge >= 0.3 is 0 Å². The Kier molecular flexibility index (Phi) is 4.24. The van der Waals surface area contributed by atoms with Crippen LogP contribution in [0, 0.1) is 0 Å². The first-order chi connectivity index (χ1) is 6.24. The van der Waals surface area contributed by atoms with E-state index in [0.717, 1.165) is 23.8 Å². The van der Waals surface area contributed by atoms with E-state index in [-0.39, 0.29) is 6.04 Å². The topological polar surface area (TPSA) is 56.7 Å². The predicted octanol–water partition coefficient (Wildman–Crippen LogP) is 1.03. The Morgan fingerprint density at radius 1 is 1.69 bits per heavy atom. The molecule has 0 aliphatic rings. The summed E-state index contributed by atoms with van der Waals surface area (Å²) in [6.07, 6.45) is 3.92. The van der Waals surface area contributed by atoms with Crippen LogP contribution < -0.4 is 5.73 Å². The molecule has 4 nitrogen and oxygen atoms in total. The lowest BCUT2D eigenvalue weighted by Crippen LogP contribution is -2.22. The van der Waals surface area contributed by atoms with Gasteiger partial charge in [-0.1, -0.05) is 25.1 Å². The van der Waals surface area contributed by atoms with Crippen LogP contribution in [0.2, 0.25) is 0 Å². The Balaban J connectivity index is 2.30. The minimum atomic E-state index is 0.270. The second kappa shape index (κ2) is 5.24. The van der Waals surface area contributed by atoms with Gasteiger partial charge in [-0.05, 0) is 6.42 Å². The minimum absolute atomic E-state index is 0.270. The summed E-state index contributed by atoms with van der Waals surface area (Å²) >= 11 is 1.67. The number of nitrogens with zero attached hydrogens (tertiary/aromatic N) is 3. The number of hydrogen-bond donors (Lipinski definition) is 1. The van der Waals surface area contributed by atoms with Crippen molar-refractivity contribution >= 4 is 11.8 Å². The monoisotopic (exact) mass is 200 g/mol. The van der Waals surface area contributed by atoms with E-state index >= 15 is 0 Å². The van der Waals surface area contributed by atoms with Crippen LogP contribution in [0.25, 0.3) is 0 Å². The molecule has 0 saturated heterocycles. The molecule has 5 heteroatoms. The van der Waals surface area contributed by atoms with E-state index in [9.17, 15) is 0 Å². The fourth-order valence-electron chi connectivity index (χ4n) is 1.04. The highest BCUT2D eigenvalue weighted by Gasteiger charge is 2.05. The Morgan fingerprint density at radius 2 is 2.46 bits per heavy atom. The van der Waals surface area contributed by atoms with Gasteiger partial charge in [0.05, 0.1) is 0 Å². The lowest BCUT2D eigenvalue weighted by molar-refractivity contribution is 0.658. The fraction of sp³-hybridized carbons (Fsp3) is 0.750. The number of thioether (sulfide) groups is 1. The van der Waals surface area contributed by atoms with Crippen LogP contribution in [-0.4, -0.2) is 26.6 Å². The second-order valence-electron chi connectivity index (χ2n) is 3.08. The summed E-state index contributed by atoms with van der Waals surface area (Å²) in [4.78, 5) is 0. The molecule has 0 aliphatic heterocycles. The number of aryl methyl sites for hydroxylation is 1. The molecule has 2 N–H and O–H groups in total. The molecule has 1 heterocycles. The molecule has 1 aromatic rings. The Labute approximate surface area is 82.9 Å². The normalized spacial score (nSPS) is 13.2. The maximum atomic E-state index is 5.87. The van der Waals surface area contributed by atoms with E-state index in [1.165, 1.54) is 0 Å². The molecule has 13 heavy (non-hydrogen) atoms. The Morgan fingerprint density at radius 3 is 3.00 bits per heavy atom. The number of hydrogen-bond acceptors (Lipinski definition) is 4. The second-order valence-corrected chi connectivity index (χ2v) is 4.07. The summed E-state index contributed by atoms with van der Waals surface area (Å²) in [5.41, 5.74) is 5.87. The lowest BCUT2D eigenvalue weighted by Gasteiger charge is -2.08. The van der Waals surface area contributed by atoms with Crippen molar-refractivity contribution in [2.75, 3.05) is 5.75 Å². The van der Waals surface area contributed by atoms with E-state index in [2.05, 4.69) is 17.1 Å².